The van der Waals surface area contributed by atoms with Crippen molar-refractivity contribution in [2.75, 3.05) is 6.54 Å². The molecule has 0 aliphatic rings. The summed E-state index contributed by atoms with van der Waals surface area (Å²) < 4.78 is 1.17. The third-order valence-electron chi connectivity index (χ3n) is 1.67. The van der Waals surface area contributed by atoms with E-state index in [0.717, 1.165) is 12.0 Å². The van der Waals surface area contributed by atoms with E-state index in [-0.39, 0.29) is 0 Å². The number of thiophene rings is 1. The van der Waals surface area contributed by atoms with Gasteiger partial charge in [-0.25, -0.2) is 0 Å². The molecule has 12 heavy (non-hydrogen) atoms. The first-order valence-corrected chi connectivity index (χ1v) is 5.46. The van der Waals surface area contributed by atoms with Crippen LogP contribution in [0, 0.1) is 6.92 Å². The summed E-state index contributed by atoms with van der Waals surface area (Å²) in [5, 5.41) is 2.13. The van der Waals surface area contributed by atoms with Gasteiger partial charge in [0, 0.05) is 9.35 Å². The fourth-order valence-corrected chi connectivity index (χ4v) is 2.73. The minimum atomic E-state index is 0.669. The molecule has 3 heteroatoms. The molecule has 0 saturated carbocycles. The van der Waals surface area contributed by atoms with Crippen molar-refractivity contribution in [2.45, 2.75) is 13.3 Å². The largest absolute Gasteiger partial charge is 0.330 e. The van der Waals surface area contributed by atoms with E-state index in [0.29, 0.717) is 6.54 Å². The lowest BCUT2D eigenvalue weighted by molar-refractivity contribution is 1.03. The zero-order chi connectivity index (χ0) is 9.14. The van der Waals surface area contributed by atoms with Gasteiger partial charge in [-0.3, -0.25) is 0 Å². The average Bonchev–Trinajstić information content (AvgIpc) is 2.34. The molecule has 66 valence electrons. The standard InChI is InChI=1S/C9H12BrNS/c1-6(3-4-11)9-8(10)7(2)5-12-9/h5H,1,3-4,11H2,2H3. The van der Waals surface area contributed by atoms with Crippen molar-refractivity contribution in [3.63, 3.8) is 0 Å². The van der Waals surface area contributed by atoms with E-state index in [9.17, 15) is 0 Å². The number of nitrogens with two attached hydrogens (primary N) is 1. The second-order valence-corrected chi connectivity index (χ2v) is 4.38. The van der Waals surface area contributed by atoms with E-state index < -0.39 is 0 Å². The molecule has 1 nitrogen and oxygen atoms in total. The monoisotopic (exact) mass is 245 g/mol. The molecule has 0 unspecified atom stereocenters. The summed E-state index contributed by atoms with van der Waals surface area (Å²) in [6, 6.07) is 0. The van der Waals surface area contributed by atoms with E-state index in [4.69, 9.17) is 5.73 Å². The average molecular weight is 246 g/mol. The minimum absolute atomic E-state index is 0.669. The molecule has 0 bridgehead atoms. The zero-order valence-electron chi connectivity index (χ0n) is 7.06. The zero-order valence-corrected chi connectivity index (χ0v) is 9.46. The van der Waals surface area contributed by atoms with Gasteiger partial charge in [0.05, 0.1) is 0 Å². The summed E-state index contributed by atoms with van der Waals surface area (Å²) in [4.78, 5) is 1.23. The molecule has 2 N–H and O–H groups in total. The fraction of sp³-hybridized carbons (Fsp3) is 0.333. The number of aryl methyl sites for hydroxylation is 1. The highest BCUT2D eigenvalue weighted by atomic mass is 79.9. The van der Waals surface area contributed by atoms with Crippen molar-refractivity contribution in [1.82, 2.24) is 0 Å². The van der Waals surface area contributed by atoms with Crippen molar-refractivity contribution in [3.8, 4) is 0 Å². The Bertz CT molecular complexity index is 291. The van der Waals surface area contributed by atoms with Crippen LogP contribution in [0.1, 0.15) is 16.9 Å². The Kier molecular flexibility index (Phi) is 3.50. The van der Waals surface area contributed by atoms with Crippen molar-refractivity contribution >= 4 is 32.8 Å². The number of rotatable bonds is 3. The van der Waals surface area contributed by atoms with E-state index in [1.807, 2.05) is 0 Å². The van der Waals surface area contributed by atoms with Crippen LogP contribution in [-0.4, -0.2) is 6.54 Å². The van der Waals surface area contributed by atoms with E-state index in [2.05, 4.69) is 34.8 Å². The maximum absolute atomic E-state index is 5.45. The molecular formula is C9H12BrNS. The lowest BCUT2D eigenvalue weighted by atomic mass is 10.1. The first kappa shape index (κ1) is 9.96. The Morgan fingerprint density at radius 3 is 2.83 bits per heavy atom. The van der Waals surface area contributed by atoms with Crippen molar-refractivity contribution in [3.05, 3.63) is 26.9 Å². The molecule has 0 aliphatic carbocycles. The molecule has 0 aromatic carbocycles. The second kappa shape index (κ2) is 4.21. The summed E-state index contributed by atoms with van der Waals surface area (Å²) >= 11 is 5.25. The van der Waals surface area contributed by atoms with Crippen LogP contribution >= 0.6 is 27.3 Å². The van der Waals surface area contributed by atoms with Gasteiger partial charge >= 0.3 is 0 Å². The van der Waals surface area contributed by atoms with Crippen LogP contribution in [0.4, 0.5) is 0 Å². The highest BCUT2D eigenvalue weighted by molar-refractivity contribution is 9.10. The van der Waals surface area contributed by atoms with Gasteiger partial charge in [0.1, 0.15) is 0 Å². The molecule has 1 rings (SSSR count). The van der Waals surface area contributed by atoms with Crippen LogP contribution in [0.15, 0.2) is 16.4 Å². The number of hydrogen-bond donors (Lipinski definition) is 1. The SMILES string of the molecule is C=C(CCN)c1scc(C)c1Br. The molecule has 1 heterocycles. The summed E-state index contributed by atoms with van der Waals surface area (Å²) in [5.74, 6) is 0. The topological polar surface area (TPSA) is 26.0 Å². The third kappa shape index (κ3) is 1.97. The maximum atomic E-state index is 5.45. The summed E-state index contributed by atoms with van der Waals surface area (Å²) in [7, 11) is 0. The Morgan fingerprint density at radius 2 is 2.42 bits per heavy atom. The summed E-state index contributed by atoms with van der Waals surface area (Å²) in [5.41, 5.74) is 7.85. The molecule has 0 aliphatic heterocycles. The molecule has 0 amide bonds. The Labute approximate surface area is 85.4 Å². The summed E-state index contributed by atoms with van der Waals surface area (Å²) in [6.45, 7) is 6.74. The predicted molar refractivity (Wildman–Crippen MR) is 59.5 cm³/mol. The van der Waals surface area contributed by atoms with Gasteiger partial charge in [0.25, 0.3) is 0 Å². The minimum Gasteiger partial charge on any atom is -0.330 e. The van der Waals surface area contributed by atoms with Gasteiger partial charge in [-0.1, -0.05) is 6.58 Å². The van der Waals surface area contributed by atoms with Crippen LogP contribution in [0.3, 0.4) is 0 Å². The molecule has 1 aromatic rings. The molecule has 0 radical (unpaired) electrons. The fourth-order valence-electron chi connectivity index (χ4n) is 0.956. The Balaban J connectivity index is 2.88. The van der Waals surface area contributed by atoms with Crippen LogP contribution < -0.4 is 5.73 Å². The van der Waals surface area contributed by atoms with Crippen molar-refractivity contribution in [2.24, 2.45) is 5.73 Å². The second-order valence-electron chi connectivity index (χ2n) is 2.70. The molecular weight excluding hydrogens is 234 g/mol. The van der Waals surface area contributed by atoms with Crippen molar-refractivity contribution in [1.29, 1.82) is 0 Å². The number of hydrogen-bond acceptors (Lipinski definition) is 2. The quantitative estimate of drug-likeness (QED) is 0.870. The lowest BCUT2D eigenvalue weighted by Crippen LogP contribution is -1.98. The van der Waals surface area contributed by atoms with Crippen LogP contribution in [0.25, 0.3) is 5.57 Å². The third-order valence-corrected chi connectivity index (χ3v) is 4.15. The van der Waals surface area contributed by atoms with Gasteiger partial charge in [-0.15, -0.1) is 11.3 Å². The first-order valence-electron chi connectivity index (χ1n) is 3.78. The van der Waals surface area contributed by atoms with Crippen molar-refractivity contribution < 1.29 is 0 Å². The molecule has 0 saturated heterocycles. The molecule has 1 aromatic heterocycles. The predicted octanol–water partition coefficient (Wildman–Crippen LogP) is 3.18. The van der Waals surface area contributed by atoms with E-state index >= 15 is 0 Å². The van der Waals surface area contributed by atoms with Gasteiger partial charge in [0.2, 0.25) is 0 Å². The first-order chi connectivity index (χ1) is 5.66. The van der Waals surface area contributed by atoms with Crippen LogP contribution in [0.5, 0.6) is 0 Å². The smallest absolute Gasteiger partial charge is 0.0441 e. The van der Waals surface area contributed by atoms with Gasteiger partial charge in [0.15, 0.2) is 0 Å². The van der Waals surface area contributed by atoms with Crippen LogP contribution in [0.2, 0.25) is 0 Å². The highest BCUT2D eigenvalue weighted by Gasteiger charge is 2.07. The lowest BCUT2D eigenvalue weighted by Gasteiger charge is -2.01. The Hall–Kier alpha value is -0.120. The highest BCUT2D eigenvalue weighted by Crippen LogP contribution is 2.33. The molecule has 0 fully saturated rings. The molecule has 0 spiro atoms. The molecule has 0 atom stereocenters. The van der Waals surface area contributed by atoms with Gasteiger partial charge in [-0.05, 0) is 52.3 Å². The Morgan fingerprint density at radius 1 is 1.75 bits per heavy atom. The normalized spacial score (nSPS) is 10.2. The summed E-state index contributed by atoms with van der Waals surface area (Å²) in [6.07, 6.45) is 0.874. The van der Waals surface area contributed by atoms with Gasteiger partial charge in [-0.2, -0.15) is 0 Å². The van der Waals surface area contributed by atoms with Gasteiger partial charge < -0.3 is 5.73 Å². The maximum Gasteiger partial charge on any atom is 0.0441 e. The van der Waals surface area contributed by atoms with E-state index in [1.165, 1.54) is 14.9 Å². The van der Waals surface area contributed by atoms with E-state index in [1.54, 1.807) is 11.3 Å². The van der Waals surface area contributed by atoms with Crippen LogP contribution in [-0.2, 0) is 0 Å². The number of halogens is 1.